The summed E-state index contributed by atoms with van der Waals surface area (Å²) in [7, 11) is 0. The second-order valence-corrected chi connectivity index (χ2v) is 13.3. The molecule has 0 radical (unpaired) electrons. The minimum absolute atomic E-state index is 0.0339. The molecule has 0 amide bonds. The van der Waals surface area contributed by atoms with E-state index >= 15 is 0 Å². The van der Waals surface area contributed by atoms with E-state index in [0.717, 1.165) is 0 Å². The van der Waals surface area contributed by atoms with Gasteiger partial charge in [-0.15, -0.1) is 0 Å². The lowest BCUT2D eigenvalue weighted by molar-refractivity contribution is -0.0861. The van der Waals surface area contributed by atoms with Crippen LogP contribution in [0.2, 0.25) is 0 Å². The van der Waals surface area contributed by atoms with Gasteiger partial charge in [0.25, 0.3) is 0 Å². The van der Waals surface area contributed by atoms with Crippen LogP contribution in [-0.4, -0.2) is 38.1 Å². The average Bonchev–Trinajstić information content (AvgIpc) is 2.83. The van der Waals surface area contributed by atoms with Crippen LogP contribution in [0.1, 0.15) is 117 Å². The van der Waals surface area contributed by atoms with Crippen LogP contribution in [0, 0.1) is 31.6 Å². The number of hydrogen-bond acceptors (Lipinski definition) is 8. The van der Waals surface area contributed by atoms with E-state index in [4.69, 9.17) is 14.2 Å². The molecule has 40 heavy (non-hydrogen) atoms. The summed E-state index contributed by atoms with van der Waals surface area (Å²) in [5, 5.41) is 33.8. The molecule has 216 valence electrons. The van der Waals surface area contributed by atoms with E-state index in [-0.39, 0.29) is 69.0 Å². The summed E-state index contributed by atoms with van der Waals surface area (Å²) in [5.41, 5.74) is 0.195. The molecule has 2 aromatic rings. The van der Waals surface area contributed by atoms with Crippen molar-refractivity contribution in [2.24, 2.45) is 17.8 Å². The van der Waals surface area contributed by atoms with Gasteiger partial charge in [0.05, 0.1) is 5.56 Å². The number of rotatable bonds is 4. The summed E-state index contributed by atoms with van der Waals surface area (Å²) in [6.45, 7) is 18.0. The van der Waals surface area contributed by atoms with Gasteiger partial charge >= 0.3 is 0 Å². The van der Waals surface area contributed by atoms with Crippen LogP contribution in [0.4, 0.5) is 0 Å². The minimum atomic E-state index is -0.918. The molecule has 8 nitrogen and oxygen atoms in total. The summed E-state index contributed by atoms with van der Waals surface area (Å²) >= 11 is 0. The van der Waals surface area contributed by atoms with Crippen molar-refractivity contribution in [3.8, 4) is 34.5 Å². The van der Waals surface area contributed by atoms with Crippen molar-refractivity contribution in [1.29, 1.82) is 0 Å². The Bertz CT molecular complexity index is 1460. The van der Waals surface area contributed by atoms with Gasteiger partial charge in [-0.2, -0.15) is 0 Å². The van der Waals surface area contributed by atoms with Crippen LogP contribution in [0.3, 0.4) is 0 Å². The first kappa shape index (κ1) is 28.1. The first-order valence-corrected chi connectivity index (χ1v) is 14.0. The van der Waals surface area contributed by atoms with Gasteiger partial charge in [0, 0.05) is 40.4 Å². The van der Waals surface area contributed by atoms with Gasteiger partial charge in [-0.25, -0.2) is 0 Å². The fourth-order valence-corrected chi connectivity index (χ4v) is 6.78. The molecule has 3 atom stereocenters. The Labute approximate surface area is 235 Å². The number of hydrogen-bond donors (Lipinski definition) is 3. The SMILES string of the molecule is Cc1c(O)c(C(=O)C(C)C)c2c(c1O)[C@H]1Oc3c(C)c(O)c(C(=O)C(C)C)c4c3[C@H](CC(C)(C)O4)[C@H]1C(C)(C)O2. The number of phenolic OH excluding ortho intramolecular Hbond substituents is 3. The van der Waals surface area contributed by atoms with Crippen LogP contribution in [-0.2, 0) is 0 Å². The first-order chi connectivity index (χ1) is 18.4. The van der Waals surface area contributed by atoms with Gasteiger partial charge in [0.15, 0.2) is 11.6 Å². The third-order valence-electron chi connectivity index (χ3n) is 8.78. The molecule has 3 aliphatic heterocycles. The number of carbonyl (C=O) groups is 2. The standard InChI is InChI=1S/C32H40O8/c1-12(2)22(33)18-24(35)14(5)25(36)20-29(18)40-32(9,10)21-16-11-31(7,8)39-28-17(16)27(38-30(20)21)15(6)26(37)19(28)23(34)13(3)4/h12-13,16,21,30,35-37H,11H2,1-10H3/t16-,21+,30+/m0/s1. The molecule has 3 N–H and O–H groups in total. The molecule has 0 bridgehead atoms. The van der Waals surface area contributed by atoms with E-state index in [1.165, 1.54) is 0 Å². The number of Topliss-reactive ketones (excluding diaryl/α,β-unsaturated/α-hetero) is 2. The maximum atomic E-state index is 13.4. The number of carbonyl (C=O) groups excluding carboxylic acids is 2. The fourth-order valence-electron chi connectivity index (χ4n) is 6.78. The summed E-state index contributed by atoms with van der Waals surface area (Å²) in [4.78, 5) is 26.7. The number of benzene rings is 2. The van der Waals surface area contributed by atoms with Crippen LogP contribution < -0.4 is 14.2 Å². The van der Waals surface area contributed by atoms with Crippen LogP contribution in [0.5, 0.6) is 34.5 Å². The molecule has 0 spiro atoms. The Morgan fingerprint density at radius 2 is 1.25 bits per heavy atom. The molecule has 0 unspecified atom stereocenters. The molecule has 0 saturated carbocycles. The van der Waals surface area contributed by atoms with Gasteiger partial charge in [0.2, 0.25) is 0 Å². The van der Waals surface area contributed by atoms with E-state index < -0.39 is 23.2 Å². The molecule has 8 heteroatoms. The molecular formula is C32H40O8. The predicted octanol–water partition coefficient (Wildman–Crippen LogP) is 6.66. The molecule has 2 aromatic carbocycles. The quantitative estimate of drug-likeness (QED) is 0.360. The van der Waals surface area contributed by atoms with Crippen molar-refractivity contribution >= 4 is 11.6 Å². The normalized spacial score (nSPS) is 23.4. The van der Waals surface area contributed by atoms with Crippen molar-refractivity contribution < 1.29 is 39.1 Å². The summed E-state index contributed by atoms with van der Waals surface area (Å²) in [6.07, 6.45) is -0.199. The van der Waals surface area contributed by atoms with Gasteiger partial charge < -0.3 is 29.5 Å². The Morgan fingerprint density at radius 1 is 0.750 bits per heavy atom. The second kappa shape index (κ2) is 8.79. The maximum Gasteiger partial charge on any atom is 0.172 e. The molecular weight excluding hydrogens is 512 g/mol. The third-order valence-corrected chi connectivity index (χ3v) is 8.78. The van der Waals surface area contributed by atoms with Crippen LogP contribution >= 0.6 is 0 Å². The fraction of sp³-hybridized carbons (Fsp3) is 0.562. The lowest BCUT2D eigenvalue weighted by Gasteiger charge is -2.54. The summed E-state index contributed by atoms with van der Waals surface area (Å²) < 4.78 is 19.7. The van der Waals surface area contributed by atoms with Crippen molar-refractivity contribution in [1.82, 2.24) is 0 Å². The smallest absolute Gasteiger partial charge is 0.172 e. The maximum absolute atomic E-state index is 13.4. The zero-order valence-electron chi connectivity index (χ0n) is 25.0. The van der Waals surface area contributed by atoms with Gasteiger partial charge in [-0.05, 0) is 48.0 Å². The highest BCUT2D eigenvalue weighted by molar-refractivity contribution is 6.05. The highest BCUT2D eigenvalue weighted by Crippen LogP contribution is 2.66. The number of ketones is 2. The molecule has 3 aliphatic rings. The van der Waals surface area contributed by atoms with E-state index in [0.29, 0.717) is 34.6 Å². The Hall–Kier alpha value is -3.42. The molecule has 3 heterocycles. The van der Waals surface area contributed by atoms with Crippen molar-refractivity contribution in [3.05, 3.63) is 33.4 Å². The van der Waals surface area contributed by atoms with E-state index in [1.807, 2.05) is 27.7 Å². The number of fused-ring (bicyclic) bond motifs is 4. The lowest BCUT2D eigenvalue weighted by atomic mass is 9.63. The highest BCUT2D eigenvalue weighted by atomic mass is 16.5. The Kier molecular flexibility index (Phi) is 6.18. The first-order valence-electron chi connectivity index (χ1n) is 14.0. The highest BCUT2D eigenvalue weighted by Gasteiger charge is 2.58. The van der Waals surface area contributed by atoms with Crippen LogP contribution in [0.25, 0.3) is 0 Å². The van der Waals surface area contributed by atoms with Gasteiger partial charge in [0.1, 0.15) is 62.9 Å². The van der Waals surface area contributed by atoms with E-state index in [1.54, 1.807) is 41.5 Å². The van der Waals surface area contributed by atoms with Crippen molar-refractivity contribution in [2.75, 3.05) is 0 Å². The zero-order valence-corrected chi connectivity index (χ0v) is 25.0. The largest absolute Gasteiger partial charge is 0.507 e. The number of aromatic hydroxyl groups is 3. The molecule has 0 fully saturated rings. The average molecular weight is 553 g/mol. The van der Waals surface area contributed by atoms with Crippen LogP contribution in [0.15, 0.2) is 0 Å². The molecule has 5 rings (SSSR count). The summed E-state index contributed by atoms with van der Waals surface area (Å²) in [5.74, 6) is -1.73. The van der Waals surface area contributed by atoms with Gasteiger partial charge in [-0.1, -0.05) is 27.7 Å². The summed E-state index contributed by atoms with van der Waals surface area (Å²) in [6, 6.07) is 0. The topological polar surface area (TPSA) is 123 Å². The van der Waals surface area contributed by atoms with Crippen molar-refractivity contribution in [2.45, 2.75) is 98.9 Å². The third kappa shape index (κ3) is 3.78. The molecule has 0 saturated heterocycles. The molecule has 0 aliphatic carbocycles. The predicted molar refractivity (Wildman–Crippen MR) is 149 cm³/mol. The zero-order chi connectivity index (χ0) is 29.8. The Balaban J connectivity index is 1.86. The number of ether oxygens (including phenoxy) is 3. The number of phenols is 3. The molecule has 0 aromatic heterocycles. The van der Waals surface area contributed by atoms with E-state index in [9.17, 15) is 24.9 Å². The second-order valence-electron chi connectivity index (χ2n) is 13.3. The Morgan fingerprint density at radius 3 is 1.77 bits per heavy atom. The minimum Gasteiger partial charge on any atom is -0.507 e. The van der Waals surface area contributed by atoms with E-state index in [2.05, 4.69) is 0 Å². The van der Waals surface area contributed by atoms with Crippen molar-refractivity contribution in [3.63, 3.8) is 0 Å². The monoisotopic (exact) mass is 552 g/mol. The lowest BCUT2D eigenvalue weighted by Crippen LogP contribution is -2.53. The van der Waals surface area contributed by atoms with Gasteiger partial charge in [-0.3, -0.25) is 9.59 Å².